The van der Waals surface area contributed by atoms with Gasteiger partial charge in [-0.3, -0.25) is 23.5 Å². The number of rotatable bonds is 15. The number of carboxylic acid groups (broad SMARTS) is 3. The molecule has 2 atom stereocenters. The molecule has 2 unspecified atom stereocenters. The van der Waals surface area contributed by atoms with Crippen LogP contribution in [0.15, 0.2) is 81.6 Å². The predicted molar refractivity (Wildman–Crippen MR) is 279 cm³/mol. The van der Waals surface area contributed by atoms with Gasteiger partial charge in [0.15, 0.2) is 0 Å². The van der Waals surface area contributed by atoms with Crippen molar-refractivity contribution in [1.29, 1.82) is 0 Å². The summed E-state index contributed by atoms with van der Waals surface area (Å²) >= 11 is 0. The number of hydroxylamine groups is 2. The Balaban J connectivity index is 0.000000285. The van der Waals surface area contributed by atoms with Gasteiger partial charge >= 0.3 is 39.3 Å². The highest BCUT2D eigenvalue weighted by Crippen LogP contribution is 2.54. The average molecular weight is 1190 g/mol. The van der Waals surface area contributed by atoms with E-state index >= 15 is 0 Å². The van der Waals surface area contributed by atoms with Crippen LogP contribution in [0.2, 0.25) is 0 Å². The second-order valence-electron chi connectivity index (χ2n) is 18.2. The van der Waals surface area contributed by atoms with Gasteiger partial charge in [0.1, 0.15) is 62.8 Å². The van der Waals surface area contributed by atoms with Crippen molar-refractivity contribution in [3.8, 4) is 22.6 Å². The fourth-order valence-corrected chi connectivity index (χ4v) is 12.4. The summed E-state index contributed by atoms with van der Waals surface area (Å²) in [5.41, 5.74) is 4.51. The van der Waals surface area contributed by atoms with Crippen LogP contribution >= 0.6 is 15.0 Å². The molecule has 29 heteroatoms. The summed E-state index contributed by atoms with van der Waals surface area (Å²) in [7, 11) is 3.70. The van der Waals surface area contributed by atoms with Crippen molar-refractivity contribution in [2.75, 3.05) is 68.6 Å². The summed E-state index contributed by atoms with van der Waals surface area (Å²) in [5, 5.41) is 31.4. The normalized spacial score (nSPS) is 14.1. The molecule has 0 spiro atoms. The monoisotopic (exact) mass is 1190 g/mol. The van der Waals surface area contributed by atoms with Crippen molar-refractivity contribution in [3.05, 3.63) is 94.6 Å². The lowest BCUT2D eigenvalue weighted by atomic mass is 10.1. The number of carbonyl (C=O) groups is 6. The van der Waals surface area contributed by atoms with Crippen LogP contribution in [0.25, 0.3) is 44.6 Å². The smallest absolute Gasteiger partial charge is 0.430 e. The lowest BCUT2D eigenvalue weighted by Gasteiger charge is -2.30. The Hall–Kier alpha value is -7.28. The molecule has 1 saturated heterocycles. The number of carbonyl (C=O) groups excluding carboxylic acids is 5. The van der Waals surface area contributed by atoms with E-state index in [0.717, 1.165) is 21.8 Å². The third-order valence-electron chi connectivity index (χ3n) is 11.7. The number of imide groups is 1. The van der Waals surface area contributed by atoms with Crippen LogP contribution in [0.4, 0.5) is 26.3 Å². The standard InChI is InChI=1S/C26H31N3O7P.C22H27N2O5P.2C2HF3O2/c1-6-34-37(33,28(5)14-13-25(32)36-29-23(30)11-12-24(29)31)26-19-9-7-17(2)15-21(19)35-22-16-18(27(3)4)8-10-20(22)26;1-6-28-30(27,24(5)12-11-21(25)26)22-17-9-7-15(2)13-19(17)29-20-14-16(23(3)4)8-10-18(20)22;2*3-2(4,5)1(6)7/h7-10,15-16H,6,11-14H2,1-5H3;7-10,13-14H,6,11-12H2,1-5H3;2*(H,6,7)/q+1;;;/p-1. The molecule has 81 heavy (non-hydrogen) atoms. The van der Waals surface area contributed by atoms with E-state index in [0.29, 0.717) is 60.3 Å². The lowest BCUT2D eigenvalue weighted by molar-refractivity contribution is -0.344. The van der Waals surface area contributed by atoms with Crippen LogP contribution < -0.4 is 40.7 Å². The number of nitrogens with zero attached hydrogens (tertiary/aromatic N) is 5. The number of benzene rings is 4. The van der Waals surface area contributed by atoms with Crippen molar-refractivity contribution in [3.63, 3.8) is 0 Å². The first-order valence-electron chi connectivity index (χ1n) is 24.3. The fourth-order valence-electron chi connectivity index (χ4n) is 7.69. The second-order valence-corrected chi connectivity index (χ2v) is 23.1. The molecule has 1 fully saturated rings. The molecule has 0 bridgehead atoms. The predicted octanol–water partition coefficient (Wildman–Crippen LogP) is 4.40. The van der Waals surface area contributed by atoms with Gasteiger partial charge in [-0.15, -0.1) is 5.06 Å². The maximum Gasteiger partial charge on any atom is 0.430 e. The summed E-state index contributed by atoms with van der Waals surface area (Å²) in [5.74, 6) is -7.69. The van der Waals surface area contributed by atoms with Crippen LogP contribution in [-0.4, -0.2) is 136 Å². The SMILES string of the molecule is CCOP(=O)(c1c2ccc(=[N+](C)C)cc-2oc2cc(C)ccc12)N(C)CCC(=O)O.CCOP(=O)(c1c2ccc(=[N+](C)C)cc-2oc2cc(C)ccc12)N(C)CCC(=O)ON1C(=O)CCC1=O.O=C([O-])C(F)(F)F.O=C([O-])C(F)(F)F. The van der Waals surface area contributed by atoms with E-state index in [4.69, 9.17) is 47.6 Å². The summed E-state index contributed by atoms with van der Waals surface area (Å²) < 4.78 is 123. The molecule has 0 saturated carbocycles. The Labute approximate surface area is 459 Å². The molecule has 5 aliphatic rings. The molecule has 440 valence electrons. The molecule has 2 aromatic rings. The number of aryl methyl sites for hydroxylation is 2. The third kappa shape index (κ3) is 16.7. The minimum absolute atomic E-state index is 0.00297. The summed E-state index contributed by atoms with van der Waals surface area (Å²) in [6.07, 6.45) is -10.7. The molecule has 0 radical (unpaired) electrons. The Kier molecular flexibility index (Phi) is 22.5. The van der Waals surface area contributed by atoms with Crippen molar-refractivity contribution < 1.29 is 102 Å². The molecule has 2 amide bonds. The Bertz CT molecular complexity index is 3480. The van der Waals surface area contributed by atoms with E-state index in [-0.39, 0.29) is 52.0 Å². The van der Waals surface area contributed by atoms with E-state index in [1.54, 1.807) is 27.9 Å². The van der Waals surface area contributed by atoms with Gasteiger partial charge in [-0.05, 0) is 77.2 Å². The largest absolute Gasteiger partial charge is 0.542 e. The molecule has 2 aliphatic carbocycles. The van der Waals surface area contributed by atoms with Crippen molar-refractivity contribution in [1.82, 2.24) is 23.6 Å². The second kappa shape index (κ2) is 27.5. The lowest BCUT2D eigenvalue weighted by Crippen LogP contribution is -2.37. The van der Waals surface area contributed by atoms with Gasteiger partial charge in [0.05, 0.1) is 48.8 Å². The number of hydrogen-bond donors (Lipinski definition) is 1. The topological polar surface area (TPSA) is 273 Å². The minimum atomic E-state index is -5.19. The van der Waals surface area contributed by atoms with Gasteiger partial charge in [0.25, 0.3) is 11.8 Å². The molecule has 1 N–H and O–H groups in total. The van der Waals surface area contributed by atoms with Crippen molar-refractivity contribution in [2.24, 2.45) is 0 Å². The molecule has 21 nitrogen and oxygen atoms in total. The molecule has 7 rings (SSSR count). The highest BCUT2D eigenvalue weighted by Gasteiger charge is 2.40. The summed E-state index contributed by atoms with van der Waals surface area (Å²) in [6, 6.07) is 22.8. The van der Waals surface area contributed by atoms with E-state index in [2.05, 4.69) is 0 Å². The van der Waals surface area contributed by atoms with Gasteiger partial charge in [-0.2, -0.15) is 26.3 Å². The summed E-state index contributed by atoms with van der Waals surface area (Å²) in [4.78, 5) is 69.6. The zero-order chi connectivity index (χ0) is 61.1. The highest BCUT2D eigenvalue weighted by molar-refractivity contribution is 7.66. The number of halogens is 6. The number of carboxylic acids is 3. The number of fused-ring (bicyclic) bond motifs is 4. The Morgan fingerprint density at radius 2 is 1.00 bits per heavy atom. The number of aliphatic carboxylic acids is 3. The zero-order valence-corrected chi connectivity index (χ0v) is 47.3. The fraction of sp³-hybridized carbons (Fsp3) is 0.385. The number of alkyl halides is 6. The van der Waals surface area contributed by atoms with E-state index in [1.807, 2.05) is 124 Å². The number of hydrogen-bond acceptors (Lipinski definition) is 15. The minimum Gasteiger partial charge on any atom is -0.542 e. The van der Waals surface area contributed by atoms with Crippen LogP contribution in [0.5, 0.6) is 0 Å². The van der Waals surface area contributed by atoms with Crippen LogP contribution in [0, 0.1) is 13.8 Å². The van der Waals surface area contributed by atoms with E-state index < -0.39 is 63.1 Å². The Morgan fingerprint density at radius 1 is 0.642 bits per heavy atom. The van der Waals surface area contributed by atoms with Crippen molar-refractivity contribution in [2.45, 2.75) is 65.7 Å². The first-order chi connectivity index (χ1) is 37.6. The maximum absolute atomic E-state index is 14.7. The van der Waals surface area contributed by atoms with Crippen LogP contribution in [0.3, 0.4) is 0 Å². The first kappa shape index (κ1) is 66.2. The Morgan fingerprint density at radius 3 is 1.32 bits per heavy atom. The maximum atomic E-state index is 14.7. The molecule has 0 aromatic heterocycles. The molecular formula is C52H59F6N5O16P2. The van der Waals surface area contributed by atoms with E-state index in [1.165, 1.54) is 9.34 Å². The molecular weight excluding hydrogens is 1130 g/mol. The van der Waals surface area contributed by atoms with Gasteiger partial charge in [-0.1, -0.05) is 24.3 Å². The molecule has 3 heterocycles. The van der Waals surface area contributed by atoms with Gasteiger partial charge < -0.3 is 47.6 Å². The van der Waals surface area contributed by atoms with Gasteiger partial charge in [0, 0.05) is 60.0 Å². The zero-order valence-electron chi connectivity index (χ0n) is 45.6. The molecule has 2 aromatic carbocycles. The van der Waals surface area contributed by atoms with Crippen LogP contribution in [0.1, 0.15) is 50.7 Å². The van der Waals surface area contributed by atoms with Gasteiger partial charge in [0.2, 0.25) is 10.7 Å². The van der Waals surface area contributed by atoms with Crippen molar-refractivity contribution >= 4 is 83.3 Å². The molecule has 3 aliphatic heterocycles. The highest BCUT2D eigenvalue weighted by atomic mass is 31.2. The summed E-state index contributed by atoms with van der Waals surface area (Å²) in [6.45, 7) is 7.95. The number of amides is 2. The van der Waals surface area contributed by atoms with Gasteiger partial charge in [-0.25, -0.2) is 23.3 Å². The van der Waals surface area contributed by atoms with Crippen LogP contribution in [-0.2, 0) is 51.8 Å². The third-order valence-corrected chi connectivity index (χ3v) is 17.2. The van der Waals surface area contributed by atoms with E-state index in [9.17, 15) is 54.7 Å². The quantitative estimate of drug-likeness (QED) is 0.0491. The average Bonchev–Trinajstić information content (AvgIpc) is 3.85. The first-order valence-corrected chi connectivity index (χ1v) is 27.5.